The lowest BCUT2D eigenvalue weighted by molar-refractivity contribution is -0.136. The van der Waals surface area contributed by atoms with Crippen molar-refractivity contribution in [2.45, 2.75) is 40.2 Å². The van der Waals surface area contributed by atoms with E-state index in [0.29, 0.717) is 34.2 Å². The lowest BCUT2D eigenvalue weighted by atomic mass is 10.2. The highest BCUT2D eigenvalue weighted by molar-refractivity contribution is 6.30. The number of amides is 3. The van der Waals surface area contributed by atoms with Gasteiger partial charge in [0.25, 0.3) is 0 Å². The predicted octanol–water partition coefficient (Wildman–Crippen LogP) is 6.42. The van der Waals surface area contributed by atoms with Crippen molar-refractivity contribution in [3.8, 4) is 5.75 Å². The van der Waals surface area contributed by atoms with E-state index >= 15 is 0 Å². The summed E-state index contributed by atoms with van der Waals surface area (Å²) >= 11 is 6.04. The van der Waals surface area contributed by atoms with Gasteiger partial charge in [0.1, 0.15) is 5.75 Å². The first kappa shape index (κ1) is 32.6. The van der Waals surface area contributed by atoms with Gasteiger partial charge < -0.3 is 15.2 Å². The maximum atomic E-state index is 13.8. The fourth-order valence-electron chi connectivity index (χ4n) is 3.85. The third-order valence-corrected chi connectivity index (χ3v) is 6.28. The van der Waals surface area contributed by atoms with Gasteiger partial charge in [-0.15, -0.1) is 0 Å². The number of imide groups is 1. The van der Waals surface area contributed by atoms with Crippen LogP contribution in [0.1, 0.15) is 39.2 Å². The Balaban J connectivity index is 1.88. The molecule has 10 nitrogen and oxygen atoms in total. The number of aliphatic imine (C=N–C) groups is 2. The predicted molar refractivity (Wildman–Crippen MR) is 168 cm³/mol. The van der Waals surface area contributed by atoms with Crippen LogP contribution in [0.25, 0.3) is 0 Å². The van der Waals surface area contributed by atoms with E-state index in [2.05, 4.69) is 9.98 Å². The fraction of sp³-hybridized carbons (Fsp3) is 0.219. The highest BCUT2D eigenvalue weighted by Crippen LogP contribution is 2.21. The molecule has 0 atom stereocenters. The molecule has 0 radical (unpaired) electrons. The van der Waals surface area contributed by atoms with E-state index in [0.717, 1.165) is 16.9 Å². The third-order valence-electron chi connectivity index (χ3n) is 6.03. The fourth-order valence-corrected chi connectivity index (χ4v) is 3.97. The number of hydrogen-bond acceptors (Lipinski definition) is 7. The number of methoxy groups -OCH3 is 1. The van der Waals surface area contributed by atoms with Gasteiger partial charge in [0.05, 0.1) is 24.9 Å². The van der Waals surface area contributed by atoms with Gasteiger partial charge in [0.15, 0.2) is 0 Å². The number of nitrogens with zero attached hydrogens (tertiary/aromatic N) is 4. The summed E-state index contributed by atoms with van der Waals surface area (Å²) in [5.74, 6) is -0.287. The third kappa shape index (κ3) is 9.54. The van der Waals surface area contributed by atoms with Crippen molar-refractivity contribution in [1.29, 1.82) is 0 Å². The first-order valence-electron chi connectivity index (χ1n) is 13.5. The van der Waals surface area contributed by atoms with Gasteiger partial charge >= 0.3 is 12.0 Å². The molecule has 0 aliphatic carbocycles. The molecular weight excluding hydrogens is 570 g/mol. The van der Waals surface area contributed by atoms with E-state index in [1.807, 2.05) is 13.0 Å². The minimum absolute atomic E-state index is 0.0433. The van der Waals surface area contributed by atoms with Crippen LogP contribution in [-0.2, 0) is 20.9 Å². The normalized spacial score (nSPS) is 13.6. The quantitative estimate of drug-likeness (QED) is 0.160. The second-order valence-corrected chi connectivity index (χ2v) is 9.72. The van der Waals surface area contributed by atoms with Gasteiger partial charge in [-0.1, -0.05) is 48.9 Å². The molecule has 3 amide bonds. The smallest absolute Gasteiger partial charge is 0.338 e. The van der Waals surface area contributed by atoms with Crippen LogP contribution in [-0.4, -0.2) is 46.7 Å². The van der Waals surface area contributed by atoms with Crippen LogP contribution in [0.3, 0.4) is 0 Å². The minimum atomic E-state index is -0.653. The minimum Gasteiger partial charge on any atom is -0.466 e. The number of rotatable bonds is 8. The van der Waals surface area contributed by atoms with Crippen LogP contribution < -0.4 is 10.5 Å². The van der Waals surface area contributed by atoms with Gasteiger partial charge in [-0.05, 0) is 73.9 Å². The van der Waals surface area contributed by atoms with Crippen molar-refractivity contribution < 1.29 is 23.9 Å². The number of guanidine groups is 1. The molecule has 2 aromatic carbocycles. The van der Waals surface area contributed by atoms with Crippen molar-refractivity contribution >= 4 is 47.1 Å². The Hall–Kier alpha value is -4.96. The molecule has 1 heterocycles. The Morgan fingerprint density at radius 1 is 1.09 bits per heavy atom. The summed E-state index contributed by atoms with van der Waals surface area (Å²) in [6, 6.07) is 12.9. The zero-order valence-corrected chi connectivity index (χ0v) is 25.2. The molecule has 224 valence electrons. The topological polar surface area (TPSA) is 127 Å². The number of allylic oxidation sites excluding steroid dienone is 5. The molecule has 0 aromatic heterocycles. The van der Waals surface area contributed by atoms with Gasteiger partial charge in [0, 0.05) is 23.8 Å². The maximum absolute atomic E-state index is 13.8. The van der Waals surface area contributed by atoms with Crippen molar-refractivity contribution in [2.75, 3.05) is 7.11 Å². The average molecular weight is 604 g/mol. The molecule has 0 unspecified atom stereocenters. The molecule has 0 saturated carbocycles. The number of ether oxygens (including phenoxy) is 2. The van der Waals surface area contributed by atoms with Crippen LogP contribution in [0.2, 0.25) is 5.02 Å². The summed E-state index contributed by atoms with van der Waals surface area (Å²) in [6.45, 7) is 5.01. The van der Waals surface area contributed by atoms with E-state index in [4.69, 9.17) is 26.8 Å². The number of carbonyl (C=O) groups is 3. The second kappa shape index (κ2) is 15.9. The van der Waals surface area contributed by atoms with Crippen LogP contribution in [0.5, 0.6) is 5.75 Å². The number of nitrogens with two attached hydrogens (primary N) is 1. The summed E-state index contributed by atoms with van der Waals surface area (Å²) in [4.78, 5) is 49.0. The monoisotopic (exact) mass is 603 g/mol. The van der Waals surface area contributed by atoms with Gasteiger partial charge in [-0.25, -0.2) is 24.5 Å². The largest absolute Gasteiger partial charge is 0.466 e. The van der Waals surface area contributed by atoms with Crippen LogP contribution in [0.15, 0.2) is 106 Å². The molecule has 0 bridgehead atoms. The molecule has 11 heteroatoms. The van der Waals surface area contributed by atoms with Crippen molar-refractivity contribution in [3.05, 3.63) is 107 Å². The number of esters is 1. The first-order chi connectivity index (χ1) is 20.6. The van der Waals surface area contributed by atoms with Crippen LogP contribution in [0.4, 0.5) is 10.5 Å². The molecule has 0 saturated heterocycles. The van der Waals surface area contributed by atoms with Gasteiger partial charge in [0.2, 0.25) is 17.8 Å². The van der Waals surface area contributed by atoms with Crippen molar-refractivity contribution in [1.82, 2.24) is 9.80 Å². The maximum Gasteiger partial charge on any atom is 0.338 e. The summed E-state index contributed by atoms with van der Waals surface area (Å²) in [5.41, 5.74) is 8.41. The van der Waals surface area contributed by atoms with Crippen molar-refractivity contribution in [2.24, 2.45) is 15.7 Å². The zero-order valence-electron chi connectivity index (χ0n) is 24.5. The van der Waals surface area contributed by atoms with Gasteiger partial charge in [-0.2, -0.15) is 0 Å². The molecule has 1 aliphatic heterocycles. The van der Waals surface area contributed by atoms with Crippen molar-refractivity contribution in [3.63, 3.8) is 0 Å². The number of carbonyl (C=O) groups excluding carboxylic acids is 3. The molecule has 43 heavy (non-hydrogen) atoms. The number of hydrogen-bond donors (Lipinski definition) is 1. The summed E-state index contributed by atoms with van der Waals surface area (Å²) < 4.78 is 10.6. The molecule has 0 spiro atoms. The second-order valence-electron chi connectivity index (χ2n) is 9.28. The van der Waals surface area contributed by atoms with E-state index < -0.39 is 17.9 Å². The Morgan fingerprint density at radius 2 is 1.79 bits per heavy atom. The summed E-state index contributed by atoms with van der Waals surface area (Å²) in [6.07, 6.45) is 11.4. The Morgan fingerprint density at radius 3 is 2.42 bits per heavy atom. The highest BCUT2D eigenvalue weighted by atomic mass is 35.5. The summed E-state index contributed by atoms with van der Waals surface area (Å²) in [7, 11) is 1.31. The molecule has 3 rings (SSSR count). The Labute approximate surface area is 256 Å². The van der Waals surface area contributed by atoms with E-state index in [1.54, 1.807) is 79.8 Å². The number of halogens is 1. The van der Waals surface area contributed by atoms with E-state index in [1.165, 1.54) is 25.1 Å². The zero-order chi connectivity index (χ0) is 31.4. The molecular formula is C32H34ClN5O5. The molecule has 0 fully saturated rings. The number of urea groups is 1. The number of benzene rings is 2. The highest BCUT2D eigenvalue weighted by Gasteiger charge is 2.28. The molecule has 2 N–H and O–H groups in total. The van der Waals surface area contributed by atoms with Crippen LogP contribution >= 0.6 is 11.6 Å². The lowest BCUT2D eigenvalue weighted by Gasteiger charge is -2.28. The van der Waals surface area contributed by atoms with E-state index in [9.17, 15) is 14.4 Å². The first-order valence-corrected chi connectivity index (χ1v) is 13.8. The SMILES string of the molecule is CC/C=C\C=C(/C)N(C(C)=O)C(=O)N(Cc1ccc(Cl)cc1)C(N)=Nc1ccc(OC2=NC=C(C(=O)OC)CC=C2)cc1. The van der Waals surface area contributed by atoms with E-state index in [-0.39, 0.29) is 18.4 Å². The molecule has 2 aromatic rings. The standard InChI is InChI=1S/C32H34ClN5O5/c1-5-6-7-9-22(2)38(23(3)39)32(41)37(21-24-12-14-26(33)15-13-24)31(34)36-27-16-18-28(19-17-27)43-29-11-8-10-25(20-35-29)30(40)42-4/h6-9,11-20H,5,10,21H2,1-4H3,(H2,34,36)/b7-6-,22-9+. The van der Waals surface area contributed by atoms with Crippen LogP contribution in [0, 0.1) is 0 Å². The Bertz CT molecular complexity index is 1510. The van der Waals surface area contributed by atoms with Gasteiger partial charge in [-0.3, -0.25) is 9.69 Å². The Kier molecular flexibility index (Phi) is 12.0. The lowest BCUT2D eigenvalue weighted by Crippen LogP contribution is -2.49. The average Bonchev–Trinajstić information content (AvgIpc) is 3.23. The molecule has 1 aliphatic rings. The summed E-state index contributed by atoms with van der Waals surface area (Å²) in [5, 5.41) is 0.544.